The number of amides is 2. The topological polar surface area (TPSA) is 88.1 Å². The van der Waals surface area contributed by atoms with Crippen molar-refractivity contribution in [3.8, 4) is 11.5 Å². The standard InChI is InChI=1S/C18H26N2O5/c1-24-15-5-7-16(8-6-15)25-13-17(22)19-12-18(23)20-10-3-2-4-14(20)9-11-21/h5-8,14,21H,2-4,9-13H2,1H3,(H,19,22). The third kappa shape index (κ3) is 5.94. The number of benzene rings is 1. The molecule has 0 saturated carbocycles. The Bertz CT molecular complexity index is 559. The molecule has 7 nitrogen and oxygen atoms in total. The second-order valence-electron chi connectivity index (χ2n) is 5.99. The van der Waals surface area contributed by atoms with Crippen LogP contribution in [0.25, 0.3) is 0 Å². The summed E-state index contributed by atoms with van der Waals surface area (Å²) in [4.78, 5) is 25.9. The summed E-state index contributed by atoms with van der Waals surface area (Å²) in [5, 5.41) is 11.7. The van der Waals surface area contributed by atoms with Crippen molar-refractivity contribution >= 4 is 11.8 Å². The first-order chi connectivity index (χ1) is 12.1. The molecule has 1 fully saturated rings. The van der Waals surface area contributed by atoms with E-state index in [0.717, 1.165) is 19.3 Å². The van der Waals surface area contributed by atoms with Gasteiger partial charge in [0.2, 0.25) is 5.91 Å². The van der Waals surface area contributed by atoms with Gasteiger partial charge in [-0.05, 0) is 49.9 Å². The number of rotatable bonds is 8. The highest BCUT2D eigenvalue weighted by Gasteiger charge is 2.26. The Morgan fingerprint density at radius 3 is 2.64 bits per heavy atom. The molecule has 1 heterocycles. The number of nitrogens with zero attached hydrogens (tertiary/aromatic N) is 1. The fourth-order valence-electron chi connectivity index (χ4n) is 2.93. The SMILES string of the molecule is COc1ccc(OCC(=O)NCC(=O)N2CCCCC2CCO)cc1. The lowest BCUT2D eigenvalue weighted by Gasteiger charge is -2.35. The normalized spacial score (nSPS) is 17.0. The number of aliphatic hydroxyl groups excluding tert-OH is 1. The van der Waals surface area contributed by atoms with E-state index in [1.54, 1.807) is 36.3 Å². The van der Waals surface area contributed by atoms with Gasteiger partial charge in [-0.2, -0.15) is 0 Å². The average molecular weight is 350 g/mol. The maximum atomic E-state index is 12.3. The number of hydrogen-bond acceptors (Lipinski definition) is 5. The second kappa shape index (κ2) is 9.88. The first kappa shape index (κ1) is 19.1. The zero-order valence-electron chi connectivity index (χ0n) is 14.6. The van der Waals surface area contributed by atoms with Crippen LogP contribution in [0.5, 0.6) is 11.5 Å². The van der Waals surface area contributed by atoms with E-state index in [9.17, 15) is 9.59 Å². The number of hydrogen-bond donors (Lipinski definition) is 2. The van der Waals surface area contributed by atoms with E-state index >= 15 is 0 Å². The molecule has 1 atom stereocenters. The van der Waals surface area contributed by atoms with Crippen LogP contribution in [-0.2, 0) is 9.59 Å². The van der Waals surface area contributed by atoms with Crippen LogP contribution >= 0.6 is 0 Å². The van der Waals surface area contributed by atoms with Crippen molar-refractivity contribution in [3.05, 3.63) is 24.3 Å². The van der Waals surface area contributed by atoms with E-state index in [1.807, 2.05) is 0 Å². The summed E-state index contributed by atoms with van der Waals surface area (Å²) in [6, 6.07) is 6.98. The molecule has 1 aliphatic heterocycles. The quantitative estimate of drug-likeness (QED) is 0.729. The Morgan fingerprint density at radius 1 is 1.24 bits per heavy atom. The number of carbonyl (C=O) groups is 2. The Hall–Kier alpha value is -2.28. The van der Waals surface area contributed by atoms with Crippen LogP contribution in [0.3, 0.4) is 0 Å². The molecule has 0 aliphatic carbocycles. The molecule has 2 rings (SSSR count). The van der Waals surface area contributed by atoms with Crippen molar-refractivity contribution < 1.29 is 24.2 Å². The summed E-state index contributed by atoms with van der Waals surface area (Å²) < 4.78 is 10.4. The molecule has 1 aromatic rings. The Labute approximate surface area is 147 Å². The fourth-order valence-corrected chi connectivity index (χ4v) is 2.93. The largest absolute Gasteiger partial charge is 0.497 e. The van der Waals surface area contributed by atoms with Gasteiger partial charge in [-0.3, -0.25) is 9.59 Å². The molecule has 0 spiro atoms. The molecule has 7 heteroatoms. The predicted molar refractivity (Wildman–Crippen MR) is 92.6 cm³/mol. The molecule has 1 aliphatic rings. The van der Waals surface area contributed by atoms with Crippen LogP contribution in [-0.4, -0.2) is 61.3 Å². The summed E-state index contributed by atoms with van der Waals surface area (Å²) in [5.74, 6) is 0.804. The minimum atomic E-state index is -0.347. The molecular weight excluding hydrogens is 324 g/mol. The third-order valence-corrected chi connectivity index (χ3v) is 4.28. The minimum Gasteiger partial charge on any atom is -0.497 e. The van der Waals surface area contributed by atoms with Crippen LogP contribution in [0.15, 0.2) is 24.3 Å². The van der Waals surface area contributed by atoms with Crippen LogP contribution in [0.1, 0.15) is 25.7 Å². The summed E-state index contributed by atoms with van der Waals surface area (Å²) >= 11 is 0. The molecule has 1 aromatic carbocycles. The number of likely N-dealkylation sites (tertiary alicyclic amines) is 1. The molecule has 1 unspecified atom stereocenters. The van der Waals surface area contributed by atoms with E-state index in [0.29, 0.717) is 24.5 Å². The number of aliphatic hydroxyl groups is 1. The first-order valence-corrected chi connectivity index (χ1v) is 8.58. The smallest absolute Gasteiger partial charge is 0.258 e. The van der Waals surface area contributed by atoms with Gasteiger partial charge in [-0.15, -0.1) is 0 Å². The van der Waals surface area contributed by atoms with Crippen molar-refractivity contribution in [1.82, 2.24) is 10.2 Å². The zero-order valence-corrected chi connectivity index (χ0v) is 14.6. The zero-order chi connectivity index (χ0) is 18.1. The average Bonchev–Trinajstić information content (AvgIpc) is 2.65. The monoisotopic (exact) mass is 350 g/mol. The van der Waals surface area contributed by atoms with Crippen molar-refractivity contribution in [3.63, 3.8) is 0 Å². The van der Waals surface area contributed by atoms with Gasteiger partial charge >= 0.3 is 0 Å². The van der Waals surface area contributed by atoms with Crippen molar-refractivity contribution in [2.24, 2.45) is 0 Å². The lowest BCUT2D eigenvalue weighted by atomic mass is 9.99. The van der Waals surface area contributed by atoms with Crippen LogP contribution in [0.2, 0.25) is 0 Å². The fraction of sp³-hybridized carbons (Fsp3) is 0.556. The summed E-state index contributed by atoms with van der Waals surface area (Å²) in [7, 11) is 1.58. The van der Waals surface area contributed by atoms with Crippen LogP contribution in [0.4, 0.5) is 0 Å². The highest BCUT2D eigenvalue weighted by atomic mass is 16.5. The Balaban J connectivity index is 1.73. The predicted octanol–water partition coefficient (Wildman–Crippen LogP) is 0.954. The van der Waals surface area contributed by atoms with E-state index in [1.165, 1.54) is 0 Å². The van der Waals surface area contributed by atoms with Gasteiger partial charge in [0.1, 0.15) is 11.5 Å². The number of carbonyl (C=O) groups excluding carboxylic acids is 2. The van der Waals surface area contributed by atoms with Gasteiger partial charge in [0, 0.05) is 19.2 Å². The van der Waals surface area contributed by atoms with E-state index in [4.69, 9.17) is 14.6 Å². The van der Waals surface area contributed by atoms with Gasteiger partial charge in [0.15, 0.2) is 6.61 Å². The molecule has 0 bridgehead atoms. The lowest BCUT2D eigenvalue weighted by molar-refractivity contribution is -0.136. The molecule has 2 N–H and O–H groups in total. The summed E-state index contributed by atoms with van der Waals surface area (Å²) in [6.45, 7) is 0.546. The number of nitrogens with one attached hydrogen (secondary N) is 1. The molecule has 0 aromatic heterocycles. The highest BCUT2D eigenvalue weighted by Crippen LogP contribution is 2.19. The Morgan fingerprint density at radius 2 is 1.96 bits per heavy atom. The molecule has 138 valence electrons. The number of ether oxygens (including phenoxy) is 2. The van der Waals surface area contributed by atoms with Gasteiger partial charge in [0.25, 0.3) is 5.91 Å². The van der Waals surface area contributed by atoms with Crippen molar-refractivity contribution in [2.45, 2.75) is 31.7 Å². The summed E-state index contributed by atoms with van der Waals surface area (Å²) in [5.41, 5.74) is 0. The van der Waals surface area contributed by atoms with Gasteiger partial charge in [-0.25, -0.2) is 0 Å². The Kier molecular flexibility index (Phi) is 7.53. The van der Waals surface area contributed by atoms with E-state index < -0.39 is 0 Å². The molecule has 0 radical (unpaired) electrons. The molecular formula is C18H26N2O5. The van der Waals surface area contributed by atoms with E-state index in [-0.39, 0.29) is 37.6 Å². The van der Waals surface area contributed by atoms with Crippen molar-refractivity contribution in [1.29, 1.82) is 0 Å². The maximum Gasteiger partial charge on any atom is 0.258 e. The van der Waals surface area contributed by atoms with E-state index in [2.05, 4.69) is 5.32 Å². The molecule has 1 saturated heterocycles. The van der Waals surface area contributed by atoms with Crippen LogP contribution in [0, 0.1) is 0 Å². The summed E-state index contributed by atoms with van der Waals surface area (Å²) in [6.07, 6.45) is 3.51. The van der Waals surface area contributed by atoms with Gasteiger partial charge < -0.3 is 24.8 Å². The number of piperidine rings is 1. The molecule has 2 amide bonds. The van der Waals surface area contributed by atoms with Gasteiger partial charge in [-0.1, -0.05) is 0 Å². The molecule has 25 heavy (non-hydrogen) atoms. The van der Waals surface area contributed by atoms with Crippen molar-refractivity contribution in [2.75, 3.05) is 33.4 Å². The van der Waals surface area contributed by atoms with Gasteiger partial charge in [0.05, 0.1) is 13.7 Å². The third-order valence-electron chi connectivity index (χ3n) is 4.28. The lowest BCUT2D eigenvalue weighted by Crippen LogP contribution is -2.48. The highest BCUT2D eigenvalue weighted by molar-refractivity contribution is 5.85. The first-order valence-electron chi connectivity index (χ1n) is 8.58. The second-order valence-corrected chi connectivity index (χ2v) is 5.99. The van der Waals surface area contributed by atoms with Crippen LogP contribution < -0.4 is 14.8 Å². The maximum absolute atomic E-state index is 12.3. The number of methoxy groups -OCH3 is 1. The minimum absolute atomic E-state index is 0.0489.